The van der Waals surface area contributed by atoms with Gasteiger partial charge in [0, 0.05) is 12.3 Å². The van der Waals surface area contributed by atoms with Crippen LogP contribution in [0.1, 0.15) is 29.0 Å². The highest BCUT2D eigenvalue weighted by atomic mass is 19.4. The molecule has 0 bridgehead atoms. The lowest BCUT2D eigenvalue weighted by Gasteiger charge is -2.19. The normalized spacial score (nSPS) is 11.4. The van der Waals surface area contributed by atoms with Crippen LogP contribution in [0.2, 0.25) is 0 Å². The number of hydrogen-bond donors (Lipinski definition) is 1. The molecular weight excluding hydrogens is 351 g/mol. The summed E-state index contributed by atoms with van der Waals surface area (Å²) in [5, 5.41) is 2.43. The Morgan fingerprint density at radius 3 is 1.78 bits per heavy atom. The Hall–Kier alpha value is -3.08. The third kappa shape index (κ3) is 4.76. The van der Waals surface area contributed by atoms with E-state index in [1.165, 1.54) is 18.2 Å². The van der Waals surface area contributed by atoms with Crippen molar-refractivity contribution in [2.75, 3.05) is 5.32 Å². The molecule has 1 amide bonds. The maximum Gasteiger partial charge on any atom is 0.418 e. The van der Waals surface area contributed by atoms with Gasteiger partial charge in [-0.25, -0.2) is 0 Å². The predicted molar refractivity (Wildman–Crippen MR) is 99.4 cm³/mol. The fourth-order valence-electron chi connectivity index (χ4n) is 3.02. The van der Waals surface area contributed by atoms with E-state index in [4.69, 9.17) is 0 Å². The van der Waals surface area contributed by atoms with E-state index in [0.717, 1.165) is 17.2 Å². The van der Waals surface area contributed by atoms with E-state index in [1.54, 1.807) is 0 Å². The zero-order valence-electron chi connectivity index (χ0n) is 14.4. The fraction of sp³-hybridized carbons (Fsp3) is 0.136. The van der Waals surface area contributed by atoms with Crippen LogP contribution in [0.3, 0.4) is 0 Å². The highest BCUT2D eigenvalue weighted by Crippen LogP contribution is 2.35. The van der Waals surface area contributed by atoms with Gasteiger partial charge in [-0.1, -0.05) is 72.8 Å². The van der Waals surface area contributed by atoms with Gasteiger partial charge in [0.1, 0.15) is 0 Å². The molecule has 0 aliphatic heterocycles. The second-order valence-electron chi connectivity index (χ2n) is 6.17. The molecule has 0 saturated heterocycles. The molecule has 0 aliphatic carbocycles. The molecule has 3 aromatic carbocycles. The lowest BCUT2D eigenvalue weighted by Crippen LogP contribution is -2.19. The molecule has 0 spiro atoms. The average molecular weight is 369 g/mol. The number of halogens is 3. The summed E-state index contributed by atoms with van der Waals surface area (Å²) in [6.45, 7) is 0. The monoisotopic (exact) mass is 369 g/mol. The van der Waals surface area contributed by atoms with Gasteiger partial charge in [0.2, 0.25) is 5.91 Å². The van der Waals surface area contributed by atoms with Crippen LogP contribution in [0.5, 0.6) is 0 Å². The van der Waals surface area contributed by atoms with Crippen molar-refractivity contribution in [2.24, 2.45) is 0 Å². The SMILES string of the molecule is O=C(CC(c1ccccc1)c1ccccc1)Nc1ccccc1C(F)(F)F. The van der Waals surface area contributed by atoms with E-state index in [-0.39, 0.29) is 18.0 Å². The lowest BCUT2D eigenvalue weighted by molar-refractivity contribution is -0.137. The molecule has 0 fully saturated rings. The summed E-state index contributed by atoms with van der Waals surface area (Å²) in [7, 11) is 0. The maximum atomic E-state index is 13.1. The Bertz CT molecular complexity index is 853. The number of para-hydroxylation sites is 1. The Kier molecular flexibility index (Phi) is 5.60. The van der Waals surface area contributed by atoms with Gasteiger partial charge in [0.05, 0.1) is 11.3 Å². The molecule has 0 unspecified atom stereocenters. The molecule has 3 rings (SSSR count). The van der Waals surface area contributed by atoms with E-state index in [1.807, 2.05) is 60.7 Å². The molecule has 3 aromatic rings. The van der Waals surface area contributed by atoms with Crippen molar-refractivity contribution in [3.8, 4) is 0 Å². The standard InChI is InChI=1S/C22H18F3NO/c23-22(24,25)19-13-7-8-14-20(19)26-21(27)15-18(16-9-3-1-4-10-16)17-11-5-2-6-12-17/h1-14,18H,15H2,(H,26,27). The van der Waals surface area contributed by atoms with E-state index in [2.05, 4.69) is 5.32 Å². The highest BCUT2D eigenvalue weighted by Gasteiger charge is 2.33. The van der Waals surface area contributed by atoms with E-state index in [0.29, 0.717) is 0 Å². The fourth-order valence-corrected chi connectivity index (χ4v) is 3.02. The number of carbonyl (C=O) groups excluding carboxylic acids is 1. The average Bonchev–Trinajstić information content (AvgIpc) is 2.67. The zero-order valence-corrected chi connectivity index (χ0v) is 14.4. The molecule has 1 N–H and O–H groups in total. The summed E-state index contributed by atoms with van der Waals surface area (Å²) in [6.07, 6.45) is -4.48. The maximum absolute atomic E-state index is 13.1. The van der Waals surface area contributed by atoms with Gasteiger partial charge in [0.15, 0.2) is 0 Å². The van der Waals surface area contributed by atoms with E-state index < -0.39 is 17.6 Å². The van der Waals surface area contributed by atoms with Gasteiger partial charge in [-0.3, -0.25) is 4.79 Å². The van der Waals surface area contributed by atoms with Crippen LogP contribution >= 0.6 is 0 Å². The number of rotatable bonds is 5. The van der Waals surface area contributed by atoms with E-state index >= 15 is 0 Å². The largest absolute Gasteiger partial charge is 0.418 e. The molecule has 0 radical (unpaired) electrons. The number of amides is 1. The van der Waals surface area contributed by atoms with Gasteiger partial charge in [-0.2, -0.15) is 13.2 Å². The second kappa shape index (κ2) is 8.08. The first-order chi connectivity index (χ1) is 12.9. The van der Waals surface area contributed by atoms with Crippen molar-refractivity contribution >= 4 is 11.6 Å². The Morgan fingerprint density at radius 2 is 1.26 bits per heavy atom. The summed E-state index contributed by atoms with van der Waals surface area (Å²) < 4.78 is 39.4. The number of hydrogen-bond acceptors (Lipinski definition) is 1. The summed E-state index contributed by atoms with van der Waals surface area (Å²) in [5.41, 5.74) is 0.787. The van der Waals surface area contributed by atoms with Crippen LogP contribution in [-0.2, 0) is 11.0 Å². The molecule has 2 nitrogen and oxygen atoms in total. The lowest BCUT2D eigenvalue weighted by atomic mass is 9.88. The molecule has 0 heterocycles. The van der Waals surface area contributed by atoms with Crippen LogP contribution in [0.15, 0.2) is 84.9 Å². The predicted octanol–water partition coefficient (Wildman–Crippen LogP) is 5.87. The van der Waals surface area contributed by atoms with E-state index in [9.17, 15) is 18.0 Å². The van der Waals surface area contributed by atoms with Crippen molar-refractivity contribution in [1.82, 2.24) is 0 Å². The van der Waals surface area contributed by atoms with Gasteiger partial charge >= 0.3 is 6.18 Å². The molecule has 0 atom stereocenters. The molecule has 138 valence electrons. The summed E-state index contributed by atoms with van der Waals surface area (Å²) in [4.78, 5) is 12.6. The second-order valence-corrected chi connectivity index (χ2v) is 6.17. The third-order valence-corrected chi connectivity index (χ3v) is 4.30. The van der Waals surface area contributed by atoms with Crippen molar-refractivity contribution in [3.05, 3.63) is 102 Å². The minimum atomic E-state index is -4.53. The number of nitrogens with one attached hydrogen (secondary N) is 1. The smallest absolute Gasteiger partial charge is 0.325 e. The van der Waals surface area contributed by atoms with Crippen molar-refractivity contribution in [2.45, 2.75) is 18.5 Å². The minimum Gasteiger partial charge on any atom is -0.325 e. The first-order valence-electron chi connectivity index (χ1n) is 8.51. The van der Waals surface area contributed by atoms with Gasteiger partial charge in [-0.15, -0.1) is 0 Å². The van der Waals surface area contributed by atoms with Crippen LogP contribution < -0.4 is 5.32 Å². The molecule has 0 saturated carbocycles. The third-order valence-electron chi connectivity index (χ3n) is 4.30. The van der Waals surface area contributed by atoms with Crippen LogP contribution in [0.4, 0.5) is 18.9 Å². The van der Waals surface area contributed by atoms with Gasteiger partial charge < -0.3 is 5.32 Å². The van der Waals surface area contributed by atoms with Gasteiger partial charge in [0.25, 0.3) is 0 Å². The summed E-state index contributed by atoms with van der Waals surface area (Å²) in [6, 6.07) is 23.9. The minimum absolute atomic E-state index is 0.0419. The van der Waals surface area contributed by atoms with Crippen LogP contribution in [0, 0.1) is 0 Å². The summed E-state index contributed by atoms with van der Waals surface area (Å²) in [5.74, 6) is -0.713. The first kappa shape index (κ1) is 18.7. The number of alkyl halides is 3. The Balaban J connectivity index is 1.84. The van der Waals surface area contributed by atoms with Crippen molar-refractivity contribution < 1.29 is 18.0 Å². The Morgan fingerprint density at radius 1 is 0.778 bits per heavy atom. The van der Waals surface area contributed by atoms with Crippen LogP contribution in [-0.4, -0.2) is 5.91 Å². The topological polar surface area (TPSA) is 29.1 Å². The van der Waals surface area contributed by atoms with Crippen molar-refractivity contribution in [3.63, 3.8) is 0 Å². The molecule has 0 aliphatic rings. The van der Waals surface area contributed by atoms with Gasteiger partial charge in [-0.05, 0) is 23.3 Å². The van der Waals surface area contributed by atoms with Crippen molar-refractivity contribution in [1.29, 1.82) is 0 Å². The number of carbonyl (C=O) groups is 1. The highest BCUT2D eigenvalue weighted by molar-refractivity contribution is 5.92. The molecular formula is C22H18F3NO. The quantitative estimate of drug-likeness (QED) is 0.599. The molecule has 27 heavy (non-hydrogen) atoms. The Labute approximate surface area is 155 Å². The molecule has 5 heteroatoms. The number of anilines is 1. The zero-order chi connectivity index (χ0) is 19.3. The van der Waals surface area contributed by atoms with Crippen LogP contribution in [0.25, 0.3) is 0 Å². The molecule has 0 aromatic heterocycles. The number of benzene rings is 3. The summed E-state index contributed by atoms with van der Waals surface area (Å²) >= 11 is 0. The first-order valence-corrected chi connectivity index (χ1v) is 8.51.